The molecule has 0 spiro atoms. The number of primary amides is 1. The average molecular weight is 461 g/mol. The van der Waals surface area contributed by atoms with Crippen molar-refractivity contribution in [2.45, 2.75) is 38.4 Å². The Bertz CT molecular complexity index is 1170. The van der Waals surface area contributed by atoms with Gasteiger partial charge in [-0.2, -0.15) is 0 Å². The molecule has 0 aliphatic rings. The van der Waals surface area contributed by atoms with Gasteiger partial charge in [0.2, 0.25) is 23.6 Å². The van der Waals surface area contributed by atoms with Gasteiger partial charge in [-0.1, -0.05) is 72.8 Å². The zero-order chi connectivity index (χ0) is 24.5. The van der Waals surface area contributed by atoms with Gasteiger partial charge in [-0.25, -0.2) is 0 Å². The third-order valence-corrected chi connectivity index (χ3v) is 5.35. The van der Waals surface area contributed by atoms with Crippen LogP contribution >= 0.6 is 0 Å². The minimum atomic E-state index is -1.18. The maximum atomic E-state index is 12.7. The predicted molar refractivity (Wildman–Crippen MR) is 129 cm³/mol. The summed E-state index contributed by atoms with van der Waals surface area (Å²) in [5, 5.41) is 10.0. The van der Waals surface area contributed by atoms with Crippen molar-refractivity contribution in [2.24, 2.45) is 5.73 Å². The standard InChI is InChI=1S/C26H28N4O4/c1-17(25(33)28-16-20-12-7-11-19-10-5-6-13-21(19)20)29-26(34)22(15-23(27)31)30-24(32)14-18-8-3-2-4-9-18/h2-13,17,22H,14-16H2,1H3,(H2,27,31)(H,28,33)(H,29,34)(H,30,32)/t17-,22-/m0/s1. The third kappa shape index (κ3) is 6.90. The van der Waals surface area contributed by atoms with E-state index in [-0.39, 0.29) is 12.8 Å². The van der Waals surface area contributed by atoms with Crippen LogP contribution in [0.4, 0.5) is 0 Å². The van der Waals surface area contributed by atoms with Gasteiger partial charge in [0.15, 0.2) is 0 Å². The molecular formula is C26H28N4O4. The van der Waals surface area contributed by atoms with Crippen molar-refractivity contribution >= 4 is 34.4 Å². The molecule has 3 aromatic rings. The molecule has 3 aromatic carbocycles. The lowest BCUT2D eigenvalue weighted by Crippen LogP contribution is -2.53. The fraction of sp³-hybridized carbons (Fsp3) is 0.231. The van der Waals surface area contributed by atoms with Gasteiger partial charge in [0.25, 0.3) is 0 Å². The lowest BCUT2D eigenvalue weighted by molar-refractivity contribution is -0.133. The highest BCUT2D eigenvalue weighted by Crippen LogP contribution is 2.18. The Morgan fingerprint density at radius 1 is 0.824 bits per heavy atom. The first-order chi connectivity index (χ1) is 16.3. The summed E-state index contributed by atoms with van der Waals surface area (Å²) in [5.74, 6) is -2.23. The van der Waals surface area contributed by atoms with Gasteiger partial charge in [-0.05, 0) is 28.8 Å². The summed E-state index contributed by atoms with van der Waals surface area (Å²) in [6, 6.07) is 20.6. The van der Waals surface area contributed by atoms with Gasteiger partial charge in [-0.3, -0.25) is 19.2 Å². The molecular weight excluding hydrogens is 432 g/mol. The number of fused-ring (bicyclic) bond motifs is 1. The summed E-state index contributed by atoms with van der Waals surface area (Å²) in [7, 11) is 0. The number of carbonyl (C=O) groups is 4. The van der Waals surface area contributed by atoms with Gasteiger partial charge in [0.1, 0.15) is 12.1 Å². The van der Waals surface area contributed by atoms with Crippen molar-refractivity contribution in [3.8, 4) is 0 Å². The predicted octanol–water partition coefficient (Wildman–Crippen LogP) is 1.56. The van der Waals surface area contributed by atoms with Crippen LogP contribution in [0, 0.1) is 0 Å². The Morgan fingerprint density at radius 2 is 1.50 bits per heavy atom. The monoisotopic (exact) mass is 460 g/mol. The molecule has 3 rings (SSSR count). The lowest BCUT2D eigenvalue weighted by atomic mass is 10.0. The van der Waals surface area contributed by atoms with E-state index in [2.05, 4.69) is 16.0 Å². The number of carbonyl (C=O) groups excluding carboxylic acids is 4. The maximum Gasteiger partial charge on any atom is 0.243 e. The quantitative estimate of drug-likeness (QED) is 0.366. The molecule has 8 nitrogen and oxygen atoms in total. The summed E-state index contributed by atoms with van der Waals surface area (Å²) in [4.78, 5) is 49.1. The summed E-state index contributed by atoms with van der Waals surface area (Å²) in [6.45, 7) is 1.82. The number of hydrogen-bond acceptors (Lipinski definition) is 4. The number of hydrogen-bond donors (Lipinski definition) is 4. The Morgan fingerprint density at radius 3 is 2.24 bits per heavy atom. The van der Waals surface area contributed by atoms with Crippen LogP contribution in [0.2, 0.25) is 0 Å². The maximum absolute atomic E-state index is 12.7. The lowest BCUT2D eigenvalue weighted by Gasteiger charge is -2.20. The molecule has 0 unspecified atom stereocenters. The minimum Gasteiger partial charge on any atom is -0.370 e. The van der Waals surface area contributed by atoms with E-state index in [0.717, 1.165) is 21.9 Å². The largest absolute Gasteiger partial charge is 0.370 e. The summed E-state index contributed by atoms with van der Waals surface area (Å²) < 4.78 is 0. The van der Waals surface area contributed by atoms with E-state index in [1.54, 1.807) is 24.3 Å². The van der Waals surface area contributed by atoms with Gasteiger partial charge >= 0.3 is 0 Å². The fourth-order valence-electron chi connectivity index (χ4n) is 3.60. The third-order valence-electron chi connectivity index (χ3n) is 5.35. The smallest absolute Gasteiger partial charge is 0.243 e. The molecule has 0 fully saturated rings. The molecule has 0 heterocycles. The van der Waals surface area contributed by atoms with E-state index < -0.39 is 35.7 Å². The zero-order valence-electron chi connectivity index (χ0n) is 18.9. The molecule has 8 heteroatoms. The van der Waals surface area contributed by atoms with Crippen LogP contribution in [0.5, 0.6) is 0 Å². The second-order valence-corrected chi connectivity index (χ2v) is 8.04. The fourth-order valence-corrected chi connectivity index (χ4v) is 3.60. The van der Waals surface area contributed by atoms with E-state index in [4.69, 9.17) is 5.73 Å². The van der Waals surface area contributed by atoms with E-state index in [9.17, 15) is 19.2 Å². The molecule has 176 valence electrons. The molecule has 0 aromatic heterocycles. The molecule has 34 heavy (non-hydrogen) atoms. The first-order valence-corrected chi connectivity index (χ1v) is 11.0. The minimum absolute atomic E-state index is 0.0461. The van der Waals surface area contributed by atoms with Crippen LogP contribution in [0.15, 0.2) is 72.8 Å². The molecule has 5 N–H and O–H groups in total. The highest BCUT2D eigenvalue weighted by atomic mass is 16.2. The molecule has 0 saturated heterocycles. The van der Waals surface area contributed by atoms with Crippen molar-refractivity contribution in [1.82, 2.24) is 16.0 Å². The number of rotatable bonds is 10. The van der Waals surface area contributed by atoms with E-state index in [1.807, 2.05) is 48.5 Å². The van der Waals surface area contributed by atoms with Crippen molar-refractivity contribution in [3.05, 3.63) is 83.9 Å². The molecule has 4 amide bonds. The van der Waals surface area contributed by atoms with Crippen molar-refractivity contribution in [3.63, 3.8) is 0 Å². The zero-order valence-corrected chi connectivity index (χ0v) is 18.9. The number of nitrogens with one attached hydrogen (secondary N) is 3. The molecule has 0 radical (unpaired) electrons. The normalized spacial score (nSPS) is 12.4. The van der Waals surface area contributed by atoms with Gasteiger partial charge in [-0.15, -0.1) is 0 Å². The number of amides is 4. The summed E-state index contributed by atoms with van der Waals surface area (Å²) >= 11 is 0. The van der Waals surface area contributed by atoms with Gasteiger partial charge in [0.05, 0.1) is 12.8 Å². The second-order valence-electron chi connectivity index (χ2n) is 8.04. The molecule has 2 atom stereocenters. The Kier molecular flexibility index (Phi) is 8.34. The average Bonchev–Trinajstić information content (AvgIpc) is 2.82. The molecule has 0 bridgehead atoms. The van der Waals surface area contributed by atoms with Crippen LogP contribution in [0.3, 0.4) is 0 Å². The van der Waals surface area contributed by atoms with E-state index >= 15 is 0 Å². The van der Waals surface area contributed by atoms with Crippen LogP contribution in [-0.4, -0.2) is 35.7 Å². The van der Waals surface area contributed by atoms with Crippen LogP contribution in [0.25, 0.3) is 10.8 Å². The molecule has 0 aliphatic carbocycles. The first-order valence-electron chi connectivity index (χ1n) is 11.0. The Balaban J connectivity index is 1.57. The first kappa shape index (κ1) is 24.4. The molecule has 0 aliphatic heterocycles. The van der Waals surface area contributed by atoms with Gasteiger partial charge < -0.3 is 21.7 Å². The van der Waals surface area contributed by atoms with Crippen molar-refractivity contribution in [2.75, 3.05) is 0 Å². The van der Waals surface area contributed by atoms with E-state index in [1.165, 1.54) is 6.92 Å². The Hall–Kier alpha value is -4.20. The summed E-state index contributed by atoms with van der Waals surface area (Å²) in [6.07, 6.45) is -0.332. The highest BCUT2D eigenvalue weighted by molar-refractivity contribution is 5.95. The molecule has 0 saturated carbocycles. The summed E-state index contributed by atoms with van der Waals surface area (Å²) in [5.41, 5.74) is 6.97. The Labute approximate surface area is 197 Å². The van der Waals surface area contributed by atoms with E-state index in [0.29, 0.717) is 6.54 Å². The van der Waals surface area contributed by atoms with Crippen LogP contribution in [0.1, 0.15) is 24.5 Å². The number of benzene rings is 3. The van der Waals surface area contributed by atoms with Crippen LogP contribution in [-0.2, 0) is 32.1 Å². The van der Waals surface area contributed by atoms with Gasteiger partial charge in [0, 0.05) is 6.54 Å². The SMILES string of the molecule is C[C@H](NC(=O)[C@H](CC(N)=O)NC(=O)Cc1ccccc1)C(=O)NCc1cccc2ccccc12. The topological polar surface area (TPSA) is 130 Å². The van der Waals surface area contributed by atoms with Crippen molar-refractivity contribution < 1.29 is 19.2 Å². The van der Waals surface area contributed by atoms with Crippen LogP contribution < -0.4 is 21.7 Å². The second kappa shape index (κ2) is 11.6. The highest BCUT2D eigenvalue weighted by Gasteiger charge is 2.26. The van der Waals surface area contributed by atoms with Crippen molar-refractivity contribution in [1.29, 1.82) is 0 Å². The number of nitrogens with two attached hydrogens (primary N) is 1.